The van der Waals surface area contributed by atoms with Crippen molar-refractivity contribution in [1.82, 2.24) is 10.3 Å². The molecular weight excluding hydrogens is 180 g/mol. The maximum atomic E-state index is 4.11. The van der Waals surface area contributed by atoms with Gasteiger partial charge in [-0.25, -0.2) is 0 Å². The monoisotopic (exact) mass is 196 g/mol. The molecule has 0 spiro atoms. The average molecular weight is 196 g/mol. The molecule has 0 aliphatic heterocycles. The van der Waals surface area contributed by atoms with Crippen molar-refractivity contribution in [2.45, 2.75) is 26.2 Å². The van der Waals surface area contributed by atoms with Crippen LogP contribution in [-0.4, -0.2) is 18.1 Å². The molecule has 0 radical (unpaired) electrons. The molecule has 1 N–H and O–H groups in total. The van der Waals surface area contributed by atoms with Crippen LogP contribution in [0.1, 0.15) is 24.6 Å². The van der Waals surface area contributed by atoms with Crippen LogP contribution in [0.2, 0.25) is 0 Å². The lowest BCUT2D eigenvalue weighted by Crippen LogP contribution is -2.24. The molecule has 0 aromatic carbocycles. The van der Waals surface area contributed by atoms with Gasteiger partial charge in [-0.05, 0) is 31.2 Å². The third-order valence-corrected chi connectivity index (χ3v) is 3.52. The van der Waals surface area contributed by atoms with E-state index in [1.54, 1.807) is 11.3 Å². The zero-order valence-corrected chi connectivity index (χ0v) is 8.86. The van der Waals surface area contributed by atoms with Crippen LogP contribution in [-0.2, 0) is 6.42 Å². The molecule has 0 atom stereocenters. The van der Waals surface area contributed by atoms with Crippen LogP contribution in [0.15, 0.2) is 11.7 Å². The molecule has 1 heterocycles. The van der Waals surface area contributed by atoms with Crippen LogP contribution >= 0.6 is 11.3 Å². The van der Waals surface area contributed by atoms with Crippen molar-refractivity contribution in [3.63, 3.8) is 0 Å². The molecule has 0 amide bonds. The highest BCUT2D eigenvalue weighted by molar-refractivity contribution is 7.09. The Hall–Kier alpha value is -0.410. The maximum Gasteiger partial charge on any atom is 0.0794 e. The predicted molar refractivity (Wildman–Crippen MR) is 56.0 cm³/mol. The van der Waals surface area contributed by atoms with Gasteiger partial charge in [0, 0.05) is 17.6 Å². The Morgan fingerprint density at radius 3 is 3.00 bits per heavy atom. The Balaban J connectivity index is 1.87. The van der Waals surface area contributed by atoms with E-state index in [0.717, 1.165) is 6.54 Å². The van der Waals surface area contributed by atoms with Crippen molar-refractivity contribution >= 4 is 11.3 Å². The predicted octanol–water partition coefficient (Wildman–Crippen LogP) is 2.08. The first-order valence-electron chi connectivity index (χ1n) is 4.93. The summed E-state index contributed by atoms with van der Waals surface area (Å²) >= 11 is 1.78. The van der Waals surface area contributed by atoms with Gasteiger partial charge in [-0.15, -0.1) is 11.3 Å². The SMILES string of the molecule is CCNCC1(Cc2cncs2)CC1. The lowest BCUT2D eigenvalue weighted by Gasteiger charge is -2.13. The van der Waals surface area contributed by atoms with E-state index in [9.17, 15) is 0 Å². The van der Waals surface area contributed by atoms with Crippen molar-refractivity contribution in [2.24, 2.45) is 5.41 Å². The molecule has 1 aromatic heterocycles. The Kier molecular flexibility index (Phi) is 2.65. The van der Waals surface area contributed by atoms with Gasteiger partial charge in [0.25, 0.3) is 0 Å². The van der Waals surface area contributed by atoms with Gasteiger partial charge in [0.15, 0.2) is 0 Å². The summed E-state index contributed by atoms with van der Waals surface area (Å²) in [7, 11) is 0. The molecule has 1 aliphatic rings. The van der Waals surface area contributed by atoms with E-state index in [0.29, 0.717) is 5.41 Å². The summed E-state index contributed by atoms with van der Waals surface area (Å²) in [6, 6.07) is 0. The highest BCUT2D eigenvalue weighted by Gasteiger charge is 2.42. The van der Waals surface area contributed by atoms with E-state index in [1.807, 2.05) is 11.7 Å². The second-order valence-electron chi connectivity index (χ2n) is 3.92. The molecule has 2 nitrogen and oxygen atoms in total. The first-order chi connectivity index (χ1) is 6.35. The number of rotatable bonds is 5. The number of hydrogen-bond donors (Lipinski definition) is 1. The molecule has 0 unspecified atom stereocenters. The molecule has 1 aromatic rings. The quantitative estimate of drug-likeness (QED) is 0.780. The van der Waals surface area contributed by atoms with Gasteiger partial charge in [0.05, 0.1) is 5.51 Å². The van der Waals surface area contributed by atoms with Crippen LogP contribution in [0.3, 0.4) is 0 Å². The van der Waals surface area contributed by atoms with Crippen molar-refractivity contribution in [3.05, 3.63) is 16.6 Å². The molecule has 1 aliphatic carbocycles. The summed E-state index contributed by atoms with van der Waals surface area (Å²) in [4.78, 5) is 5.55. The summed E-state index contributed by atoms with van der Waals surface area (Å²) in [5, 5.41) is 3.45. The van der Waals surface area contributed by atoms with Crippen LogP contribution in [0.25, 0.3) is 0 Å². The van der Waals surface area contributed by atoms with Crippen LogP contribution in [0, 0.1) is 5.41 Å². The molecular formula is C10H16N2S. The van der Waals surface area contributed by atoms with Crippen LogP contribution in [0.4, 0.5) is 0 Å². The summed E-state index contributed by atoms with van der Waals surface area (Å²) in [6.07, 6.45) is 6.01. The largest absolute Gasteiger partial charge is 0.316 e. The number of nitrogens with one attached hydrogen (secondary N) is 1. The molecule has 72 valence electrons. The molecule has 13 heavy (non-hydrogen) atoms. The highest BCUT2D eigenvalue weighted by atomic mass is 32.1. The lowest BCUT2D eigenvalue weighted by atomic mass is 10.0. The maximum absolute atomic E-state index is 4.11. The standard InChI is InChI=1S/C10H16N2S/c1-2-11-7-10(3-4-10)5-9-6-12-8-13-9/h6,8,11H,2-5,7H2,1H3. The van der Waals surface area contributed by atoms with Crippen molar-refractivity contribution < 1.29 is 0 Å². The summed E-state index contributed by atoms with van der Waals surface area (Å²) in [5.41, 5.74) is 2.52. The smallest absolute Gasteiger partial charge is 0.0794 e. The minimum atomic E-state index is 0.586. The minimum Gasteiger partial charge on any atom is -0.316 e. The second-order valence-corrected chi connectivity index (χ2v) is 4.90. The third kappa shape index (κ3) is 2.29. The molecule has 0 saturated heterocycles. The first-order valence-corrected chi connectivity index (χ1v) is 5.81. The number of nitrogens with zero attached hydrogens (tertiary/aromatic N) is 1. The Bertz CT molecular complexity index is 252. The fourth-order valence-electron chi connectivity index (χ4n) is 1.68. The van der Waals surface area contributed by atoms with E-state index in [4.69, 9.17) is 0 Å². The third-order valence-electron chi connectivity index (χ3n) is 2.74. The Labute approximate surface area is 83.4 Å². The van der Waals surface area contributed by atoms with Crippen molar-refractivity contribution in [3.8, 4) is 0 Å². The van der Waals surface area contributed by atoms with Crippen LogP contribution in [0.5, 0.6) is 0 Å². The topological polar surface area (TPSA) is 24.9 Å². The van der Waals surface area contributed by atoms with E-state index in [1.165, 1.54) is 30.7 Å². The van der Waals surface area contributed by atoms with E-state index in [2.05, 4.69) is 17.2 Å². The van der Waals surface area contributed by atoms with E-state index in [-0.39, 0.29) is 0 Å². The van der Waals surface area contributed by atoms with Crippen molar-refractivity contribution in [2.75, 3.05) is 13.1 Å². The summed E-state index contributed by atoms with van der Waals surface area (Å²) < 4.78 is 0. The molecule has 2 rings (SSSR count). The van der Waals surface area contributed by atoms with Gasteiger partial charge in [0.2, 0.25) is 0 Å². The van der Waals surface area contributed by atoms with E-state index < -0.39 is 0 Å². The summed E-state index contributed by atoms with van der Waals surface area (Å²) in [6.45, 7) is 4.44. The van der Waals surface area contributed by atoms with Crippen LogP contribution < -0.4 is 5.32 Å². The zero-order valence-electron chi connectivity index (χ0n) is 8.05. The van der Waals surface area contributed by atoms with Gasteiger partial charge in [-0.2, -0.15) is 0 Å². The van der Waals surface area contributed by atoms with Gasteiger partial charge >= 0.3 is 0 Å². The number of aromatic nitrogens is 1. The number of thiazole rings is 1. The average Bonchev–Trinajstić information content (AvgIpc) is 2.69. The zero-order chi connectivity index (χ0) is 9.15. The van der Waals surface area contributed by atoms with Gasteiger partial charge < -0.3 is 5.32 Å². The molecule has 1 saturated carbocycles. The Morgan fingerprint density at radius 2 is 2.46 bits per heavy atom. The minimum absolute atomic E-state index is 0.586. The molecule has 1 fully saturated rings. The first kappa shape index (κ1) is 9.16. The normalized spacial score (nSPS) is 18.8. The summed E-state index contributed by atoms with van der Waals surface area (Å²) in [5.74, 6) is 0. The van der Waals surface area contributed by atoms with Gasteiger partial charge in [0.1, 0.15) is 0 Å². The molecule has 0 bridgehead atoms. The van der Waals surface area contributed by atoms with Crippen molar-refractivity contribution in [1.29, 1.82) is 0 Å². The fraction of sp³-hybridized carbons (Fsp3) is 0.700. The Morgan fingerprint density at radius 1 is 1.62 bits per heavy atom. The van der Waals surface area contributed by atoms with Gasteiger partial charge in [-0.3, -0.25) is 4.98 Å². The highest BCUT2D eigenvalue weighted by Crippen LogP contribution is 2.48. The number of hydrogen-bond acceptors (Lipinski definition) is 3. The van der Waals surface area contributed by atoms with Gasteiger partial charge in [-0.1, -0.05) is 6.92 Å². The lowest BCUT2D eigenvalue weighted by molar-refractivity contribution is 0.466. The van der Waals surface area contributed by atoms with E-state index >= 15 is 0 Å². The second kappa shape index (κ2) is 3.76. The fourth-order valence-corrected chi connectivity index (χ4v) is 2.45. The molecule has 3 heteroatoms.